The molecule has 1 aromatic heterocycles. The standard InChI is InChI=1S/C13H14N4O6S/c1-17(23-2)24(21,22)9-5-3-8(4-6-9)14-7-10-11(18)15-13(20)16-12(10)19/h3-7H,1-2H3,(H3,15,16,18,19,20). The molecule has 0 aliphatic heterocycles. The van der Waals surface area contributed by atoms with Crippen molar-refractivity contribution < 1.29 is 18.4 Å². The second kappa shape index (κ2) is 6.78. The number of aromatic hydroxyl groups is 1. The van der Waals surface area contributed by atoms with E-state index < -0.39 is 27.2 Å². The summed E-state index contributed by atoms with van der Waals surface area (Å²) >= 11 is 0. The van der Waals surface area contributed by atoms with Crippen LogP contribution < -0.4 is 11.2 Å². The second-order valence-corrected chi connectivity index (χ2v) is 6.46. The molecule has 3 N–H and O–H groups in total. The van der Waals surface area contributed by atoms with Gasteiger partial charge < -0.3 is 5.11 Å². The summed E-state index contributed by atoms with van der Waals surface area (Å²) < 4.78 is 24.8. The lowest BCUT2D eigenvalue weighted by molar-refractivity contribution is -0.0258. The maximum absolute atomic E-state index is 12.0. The molecule has 11 heteroatoms. The zero-order valence-corrected chi connectivity index (χ0v) is 13.5. The molecule has 2 aromatic rings. The Labute approximate surface area is 136 Å². The number of rotatable bonds is 5. The van der Waals surface area contributed by atoms with Crippen LogP contribution in [-0.2, 0) is 14.9 Å². The number of benzene rings is 1. The van der Waals surface area contributed by atoms with Crippen LogP contribution >= 0.6 is 0 Å². The van der Waals surface area contributed by atoms with E-state index in [1.807, 2.05) is 9.97 Å². The predicted molar refractivity (Wildman–Crippen MR) is 85.0 cm³/mol. The highest BCUT2D eigenvalue weighted by atomic mass is 32.2. The van der Waals surface area contributed by atoms with Gasteiger partial charge in [0.2, 0.25) is 5.88 Å². The smallest absolute Gasteiger partial charge is 0.328 e. The lowest BCUT2D eigenvalue weighted by atomic mass is 10.3. The van der Waals surface area contributed by atoms with Crippen molar-refractivity contribution in [3.8, 4) is 5.88 Å². The Balaban J connectivity index is 2.30. The van der Waals surface area contributed by atoms with Crippen molar-refractivity contribution in [2.45, 2.75) is 4.90 Å². The summed E-state index contributed by atoms with van der Waals surface area (Å²) in [5, 5.41) is 9.52. The second-order valence-electron chi connectivity index (χ2n) is 4.52. The monoisotopic (exact) mass is 354 g/mol. The molecule has 0 fully saturated rings. The number of aliphatic imine (C=N–C) groups is 1. The number of aromatic nitrogens is 2. The molecular weight excluding hydrogens is 340 g/mol. The van der Waals surface area contributed by atoms with Gasteiger partial charge in [-0.3, -0.25) is 24.6 Å². The van der Waals surface area contributed by atoms with Gasteiger partial charge in [-0.15, -0.1) is 0 Å². The Bertz CT molecular complexity index is 975. The molecule has 0 unspecified atom stereocenters. The number of hydrogen-bond donors (Lipinski definition) is 3. The van der Waals surface area contributed by atoms with Crippen LogP contribution in [0.5, 0.6) is 5.88 Å². The molecule has 24 heavy (non-hydrogen) atoms. The fourth-order valence-corrected chi connectivity index (χ4v) is 2.67. The number of sulfonamides is 1. The van der Waals surface area contributed by atoms with Crippen molar-refractivity contribution in [2.24, 2.45) is 4.99 Å². The molecule has 0 radical (unpaired) electrons. The summed E-state index contributed by atoms with van der Waals surface area (Å²) in [4.78, 5) is 35.1. The van der Waals surface area contributed by atoms with Crippen molar-refractivity contribution in [2.75, 3.05) is 14.2 Å². The summed E-state index contributed by atoms with van der Waals surface area (Å²) in [5.41, 5.74) is -1.54. The highest BCUT2D eigenvalue weighted by Crippen LogP contribution is 2.19. The van der Waals surface area contributed by atoms with E-state index in [0.29, 0.717) is 10.2 Å². The van der Waals surface area contributed by atoms with Crippen LogP contribution in [-0.4, -0.2) is 48.3 Å². The third-order valence-electron chi connectivity index (χ3n) is 3.03. The first-order chi connectivity index (χ1) is 11.3. The molecule has 128 valence electrons. The minimum atomic E-state index is -3.77. The lowest BCUT2D eigenvalue weighted by Gasteiger charge is -2.13. The molecule has 0 aliphatic rings. The molecule has 1 heterocycles. The molecule has 1 aromatic carbocycles. The number of H-pyrrole nitrogens is 2. The van der Waals surface area contributed by atoms with E-state index >= 15 is 0 Å². The number of hydroxylamine groups is 1. The van der Waals surface area contributed by atoms with Crippen LogP contribution in [0.1, 0.15) is 5.56 Å². The van der Waals surface area contributed by atoms with Crippen molar-refractivity contribution in [1.82, 2.24) is 14.4 Å². The average Bonchev–Trinajstić information content (AvgIpc) is 2.53. The molecule has 2 rings (SSSR count). The zero-order valence-electron chi connectivity index (χ0n) is 12.7. The highest BCUT2D eigenvalue weighted by Gasteiger charge is 2.20. The molecule has 0 amide bonds. The van der Waals surface area contributed by atoms with Gasteiger partial charge in [0.05, 0.1) is 17.7 Å². The molecule has 0 saturated carbocycles. The summed E-state index contributed by atoms with van der Waals surface area (Å²) in [6.45, 7) is 0. The molecule has 0 spiro atoms. The van der Waals surface area contributed by atoms with Gasteiger partial charge in [0.25, 0.3) is 15.6 Å². The predicted octanol–water partition coefficient (Wildman–Crippen LogP) is -0.299. The number of aromatic amines is 2. The molecule has 0 saturated heterocycles. The van der Waals surface area contributed by atoms with Gasteiger partial charge in [0.15, 0.2) is 0 Å². The number of hydrogen-bond acceptors (Lipinski definition) is 7. The van der Waals surface area contributed by atoms with Crippen LogP contribution in [0.3, 0.4) is 0 Å². The van der Waals surface area contributed by atoms with E-state index in [-0.39, 0.29) is 10.5 Å². The highest BCUT2D eigenvalue weighted by molar-refractivity contribution is 7.89. The summed E-state index contributed by atoms with van der Waals surface area (Å²) in [6.07, 6.45) is 1.05. The summed E-state index contributed by atoms with van der Waals surface area (Å²) in [6, 6.07) is 5.44. The van der Waals surface area contributed by atoms with E-state index in [1.54, 1.807) is 0 Å². The fraction of sp³-hybridized carbons (Fsp3) is 0.154. The number of nitrogens with one attached hydrogen (secondary N) is 2. The maximum atomic E-state index is 12.0. The third-order valence-corrected chi connectivity index (χ3v) is 4.73. The van der Waals surface area contributed by atoms with Crippen LogP contribution in [0, 0.1) is 0 Å². The van der Waals surface area contributed by atoms with Crippen molar-refractivity contribution in [3.63, 3.8) is 0 Å². The van der Waals surface area contributed by atoms with Gasteiger partial charge >= 0.3 is 5.69 Å². The maximum Gasteiger partial charge on any atom is 0.328 e. The Morgan fingerprint density at radius 1 is 1.21 bits per heavy atom. The van der Waals surface area contributed by atoms with Crippen LogP contribution in [0.25, 0.3) is 0 Å². The van der Waals surface area contributed by atoms with Crippen molar-refractivity contribution in [1.29, 1.82) is 0 Å². The summed E-state index contributed by atoms with van der Waals surface area (Å²) in [7, 11) is -1.28. The lowest BCUT2D eigenvalue weighted by Crippen LogP contribution is -2.25. The molecule has 10 nitrogen and oxygen atoms in total. The molecule has 0 aliphatic carbocycles. The Morgan fingerprint density at radius 3 is 2.38 bits per heavy atom. The van der Waals surface area contributed by atoms with Gasteiger partial charge in [0, 0.05) is 13.3 Å². The Hall–Kier alpha value is -2.76. The average molecular weight is 354 g/mol. The van der Waals surface area contributed by atoms with Crippen LogP contribution in [0.2, 0.25) is 0 Å². The minimum Gasteiger partial charge on any atom is -0.494 e. The van der Waals surface area contributed by atoms with E-state index in [1.165, 1.54) is 38.4 Å². The Kier molecular flexibility index (Phi) is 4.97. The van der Waals surface area contributed by atoms with Crippen molar-refractivity contribution >= 4 is 21.9 Å². The molecule has 0 bridgehead atoms. The topological polar surface area (TPSA) is 145 Å². The Morgan fingerprint density at radius 2 is 1.83 bits per heavy atom. The van der Waals surface area contributed by atoms with Crippen LogP contribution in [0.15, 0.2) is 43.7 Å². The molecular formula is C13H14N4O6S. The van der Waals surface area contributed by atoms with Gasteiger partial charge in [-0.2, -0.15) is 0 Å². The SMILES string of the molecule is CON(C)S(=O)(=O)c1ccc(N=Cc2c(O)[nH]c(=O)[nH]c2=O)cc1. The van der Waals surface area contributed by atoms with Gasteiger partial charge in [0.1, 0.15) is 5.56 Å². The first kappa shape index (κ1) is 17.6. The minimum absolute atomic E-state index is 0.00413. The van der Waals surface area contributed by atoms with Gasteiger partial charge in [-0.25, -0.2) is 13.2 Å². The first-order valence-electron chi connectivity index (χ1n) is 6.48. The van der Waals surface area contributed by atoms with Crippen molar-refractivity contribution in [3.05, 3.63) is 50.7 Å². The number of nitrogens with zero attached hydrogens (tertiary/aromatic N) is 2. The van der Waals surface area contributed by atoms with Crippen LogP contribution in [0.4, 0.5) is 5.69 Å². The van der Waals surface area contributed by atoms with E-state index in [4.69, 9.17) is 0 Å². The van der Waals surface area contributed by atoms with E-state index in [0.717, 1.165) is 6.21 Å². The third kappa shape index (κ3) is 3.59. The van der Waals surface area contributed by atoms with E-state index in [9.17, 15) is 23.1 Å². The van der Waals surface area contributed by atoms with Gasteiger partial charge in [-0.05, 0) is 24.3 Å². The summed E-state index contributed by atoms with van der Waals surface area (Å²) in [5.74, 6) is -0.617. The molecule has 0 atom stereocenters. The normalized spacial score (nSPS) is 12.1. The fourth-order valence-electron chi connectivity index (χ4n) is 1.69. The largest absolute Gasteiger partial charge is 0.494 e. The van der Waals surface area contributed by atoms with E-state index in [2.05, 4.69) is 9.83 Å². The van der Waals surface area contributed by atoms with Gasteiger partial charge in [-0.1, -0.05) is 4.47 Å². The first-order valence-corrected chi connectivity index (χ1v) is 7.92. The zero-order chi connectivity index (χ0) is 17.9. The quantitative estimate of drug-likeness (QED) is 0.496.